The maximum absolute atomic E-state index is 12.2. The Hall–Kier alpha value is -1.06. The van der Waals surface area contributed by atoms with Gasteiger partial charge < -0.3 is 10.2 Å². The van der Waals surface area contributed by atoms with Crippen LogP contribution >= 0.6 is 11.6 Å². The standard InChI is InChI=1S/C12H15ClN2O/c1-9-8-14-5-6-15(9)12(16)10-3-2-4-11(13)7-10/h2-4,7,9,14H,5-6,8H2,1H3/t9-/m0/s1. The highest BCUT2D eigenvalue weighted by molar-refractivity contribution is 6.30. The third-order valence-electron chi connectivity index (χ3n) is 2.83. The van der Waals surface area contributed by atoms with Gasteiger partial charge in [-0.1, -0.05) is 17.7 Å². The Balaban J connectivity index is 2.17. The van der Waals surface area contributed by atoms with Gasteiger partial charge in [-0.2, -0.15) is 0 Å². The largest absolute Gasteiger partial charge is 0.333 e. The maximum Gasteiger partial charge on any atom is 0.254 e. The van der Waals surface area contributed by atoms with Crippen LogP contribution in [0.4, 0.5) is 0 Å². The molecular formula is C12H15ClN2O. The summed E-state index contributed by atoms with van der Waals surface area (Å²) in [5, 5.41) is 3.87. The van der Waals surface area contributed by atoms with Gasteiger partial charge in [-0.05, 0) is 25.1 Å². The van der Waals surface area contributed by atoms with Gasteiger partial charge in [0.05, 0.1) is 0 Å². The van der Waals surface area contributed by atoms with E-state index in [1.54, 1.807) is 12.1 Å². The average molecular weight is 239 g/mol. The van der Waals surface area contributed by atoms with Gasteiger partial charge in [-0.15, -0.1) is 0 Å². The van der Waals surface area contributed by atoms with Crippen LogP contribution in [0.25, 0.3) is 0 Å². The number of piperazine rings is 1. The fraction of sp³-hybridized carbons (Fsp3) is 0.417. The van der Waals surface area contributed by atoms with E-state index in [2.05, 4.69) is 12.2 Å². The average Bonchev–Trinajstić information content (AvgIpc) is 2.29. The zero-order valence-electron chi connectivity index (χ0n) is 9.24. The molecule has 2 rings (SSSR count). The highest BCUT2D eigenvalue weighted by atomic mass is 35.5. The van der Waals surface area contributed by atoms with Gasteiger partial charge >= 0.3 is 0 Å². The van der Waals surface area contributed by atoms with Crippen LogP contribution < -0.4 is 5.32 Å². The first kappa shape index (κ1) is 11.4. The Morgan fingerprint density at radius 3 is 3.06 bits per heavy atom. The van der Waals surface area contributed by atoms with Gasteiger partial charge in [-0.3, -0.25) is 4.79 Å². The second-order valence-corrected chi connectivity index (χ2v) is 4.50. The van der Waals surface area contributed by atoms with Gasteiger partial charge in [0, 0.05) is 36.3 Å². The Bertz CT molecular complexity index is 394. The molecule has 1 fully saturated rings. The van der Waals surface area contributed by atoms with Crippen molar-refractivity contribution >= 4 is 17.5 Å². The smallest absolute Gasteiger partial charge is 0.254 e. The van der Waals surface area contributed by atoms with E-state index in [1.807, 2.05) is 17.0 Å². The minimum atomic E-state index is 0.0662. The number of rotatable bonds is 1. The molecule has 0 spiro atoms. The van der Waals surface area contributed by atoms with Crippen LogP contribution in [-0.4, -0.2) is 36.5 Å². The number of hydrogen-bond donors (Lipinski definition) is 1. The molecule has 0 aromatic heterocycles. The molecule has 0 unspecified atom stereocenters. The highest BCUT2D eigenvalue weighted by Crippen LogP contribution is 2.14. The molecule has 0 bridgehead atoms. The Kier molecular flexibility index (Phi) is 3.46. The zero-order valence-corrected chi connectivity index (χ0v) is 10.00. The molecule has 16 heavy (non-hydrogen) atoms. The molecule has 4 heteroatoms. The van der Waals surface area contributed by atoms with E-state index in [9.17, 15) is 4.79 Å². The summed E-state index contributed by atoms with van der Waals surface area (Å²) in [4.78, 5) is 14.1. The number of amides is 1. The number of carbonyl (C=O) groups excluding carboxylic acids is 1. The van der Waals surface area contributed by atoms with Crippen LogP contribution in [0.1, 0.15) is 17.3 Å². The molecule has 1 aromatic rings. The summed E-state index contributed by atoms with van der Waals surface area (Å²) < 4.78 is 0. The molecule has 1 aliphatic rings. The van der Waals surface area contributed by atoms with E-state index in [0.29, 0.717) is 10.6 Å². The Morgan fingerprint density at radius 1 is 1.56 bits per heavy atom. The molecule has 1 heterocycles. The van der Waals surface area contributed by atoms with E-state index in [4.69, 9.17) is 11.6 Å². The first-order chi connectivity index (χ1) is 7.68. The monoisotopic (exact) mass is 238 g/mol. The van der Waals surface area contributed by atoms with Crippen LogP contribution in [0.15, 0.2) is 24.3 Å². The van der Waals surface area contributed by atoms with Crippen molar-refractivity contribution in [1.29, 1.82) is 0 Å². The van der Waals surface area contributed by atoms with Crippen molar-refractivity contribution < 1.29 is 4.79 Å². The lowest BCUT2D eigenvalue weighted by atomic mass is 10.1. The summed E-state index contributed by atoms with van der Waals surface area (Å²) in [6.07, 6.45) is 0. The molecular weight excluding hydrogens is 224 g/mol. The van der Waals surface area contributed by atoms with Crippen molar-refractivity contribution in [2.75, 3.05) is 19.6 Å². The second-order valence-electron chi connectivity index (χ2n) is 4.06. The molecule has 1 atom stereocenters. The third-order valence-corrected chi connectivity index (χ3v) is 3.07. The molecule has 0 radical (unpaired) electrons. The summed E-state index contributed by atoms with van der Waals surface area (Å²) in [6.45, 7) is 4.52. The van der Waals surface area contributed by atoms with E-state index in [1.165, 1.54) is 0 Å². The number of carbonyl (C=O) groups is 1. The normalized spacial score (nSPS) is 20.9. The minimum absolute atomic E-state index is 0.0662. The Labute approximate surface area is 100 Å². The Morgan fingerprint density at radius 2 is 2.38 bits per heavy atom. The fourth-order valence-electron chi connectivity index (χ4n) is 1.93. The molecule has 1 amide bonds. The van der Waals surface area contributed by atoms with Gasteiger partial charge in [0.15, 0.2) is 0 Å². The predicted molar refractivity (Wildman–Crippen MR) is 64.8 cm³/mol. The lowest BCUT2D eigenvalue weighted by molar-refractivity contribution is 0.0656. The van der Waals surface area contributed by atoms with Crippen LogP contribution in [0.3, 0.4) is 0 Å². The van der Waals surface area contributed by atoms with Gasteiger partial charge in [0.1, 0.15) is 0 Å². The SMILES string of the molecule is C[C@H]1CNCCN1C(=O)c1cccc(Cl)c1. The lowest BCUT2D eigenvalue weighted by Crippen LogP contribution is -2.52. The molecule has 1 aliphatic heterocycles. The molecule has 86 valence electrons. The molecule has 0 aliphatic carbocycles. The third kappa shape index (κ3) is 2.36. The summed E-state index contributed by atoms with van der Waals surface area (Å²) in [6, 6.07) is 7.35. The van der Waals surface area contributed by atoms with Crippen molar-refractivity contribution in [3.8, 4) is 0 Å². The lowest BCUT2D eigenvalue weighted by Gasteiger charge is -2.34. The first-order valence-electron chi connectivity index (χ1n) is 5.46. The summed E-state index contributed by atoms with van der Waals surface area (Å²) >= 11 is 5.88. The number of halogens is 1. The molecule has 3 nitrogen and oxygen atoms in total. The van der Waals surface area contributed by atoms with E-state index in [-0.39, 0.29) is 11.9 Å². The minimum Gasteiger partial charge on any atom is -0.333 e. The van der Waals surface area contributed by atoms with Crippen LogP contribution in [-0.2, 0) is 0 Å². The molecule has 0 saturated carbocycles. The molecule has 1 aromatic carbocycles. The van der Waals surface area contributed by atoms with Crippen molar-refractivity contribution in [3.05, 3.63) is 34.9 Å². The van der Waals surface area contributed by atoms with Crippen molar-refractivity contribution in [2.45, 2.75) is 13.0 Å². The van der Waals surface area contributed by atoms with Crippen LogP contribution in [0.5, 0.6) is 0 Å². The molecule has 1 N–H and O–H groups in total. The predicted octanol–water partition coefficient (Wildman–Crippen LogP) is 1.77. The number of nitrogens with zero attached hydrogens (tertiary/aromatic N) is 1. The van der Waals surface area contributed by atoms with E-state index in [0.717, 1.165) is 19.6 Å². The van der Waals surface area contributed by atoms with Crippen molar-refractivity contribution in [3.63, 3.8) is 0 Å². The fourth-order valence-corrected chi connectivity index (χ4v) is 2.12. The second kappa shape index (κ2) is 4.85. The quantitative estimate of drug-likeness (QED) is 0.809. The zero-order chi connectivity index (χ0) is 11.5. The topological polar surface area (TPSA) is 32.3 Å². The number of benzene rings is 1. The maximum atomic E-state index is 12.2. The number of hydrogen-bond acceptors (Lipinski definition) is 2. The van der Waals surface area contributed by atoms with E-state index >= 15 is 0 Å². The van der Waals surface area contributed by atoms with Gasteiger partial charge in [-0.25, -0.2) is 0 Å². The number of nitrogens with one attached hydrogen (secondary N) is 1. The summed E-state index contributed by atoms with van der Waals surface area (Å²) in [7, 11) is 0. The van der Waals surface area contributed by atoms with Crippen LogP contribution in [0, 0.1) is 0 Å². The van der Waals surface area contributed by atoms with Gasteiger partial charge in [0.25, 0.3) is 5.91 Å². The van der Waals surface area contributed by atoms with E-state index < -0.39 is 0 Å². The van der Waals surface area contributed by atoms with Crippen molar-refractivity contribution in [1.82, 2.24) is 10.2 Å². The highest BCUT2D eigenvalue weighted by Gasteiger charge is 2.23. The first-order valence-corrected chi connectivity index (χ1v) is 5.83. The van der Waals surface area contributed by atoms with Crippen LogP contribution in [0.2, 0.25) is 5.02 Å². The summed E-state index contributed by atoms with van der Waals surface area (Å²) in [5.74, 6) is 0.0662. The van der Waals surface area contributed by atoms with Gasteiger partial charge in [0.2, 0.25) is 0 Å². The molecule has 1 saturated heterocycles. The summed E-state index contributed by atoms with van der Waals surface area (Å²) in [5.41, 5.74) is 0.668. The van der Waals surface area contributed by atoms with Crippen molar-refractivity contribution in [2.24, 2.45) is 0 Å².